The molecule has 1 saturated heterocycles. The summed E-state index contributed by atoms with van der Waals surface area (Å²) in [4.78, 5) is 34.4. The smallest absolute Gasteiger partial charge is 0.276 e. The number of benzene rings is 2. The van der Waals surface area contributed by atoms with E-state index in [0.29, 0.717) is 47.5 Å². The van der Waals surface area contributed by atoms with Gasteiger partial charge in [0.05, 0.1) is 19.9 Å². The highest BCUT2D eigenvalue weighted by Gasteiger charge is 2.25. The van der Waals surface area contributed by atoms with Crippen molar-refractivity contribution in [3.63, 3.8) is 0 Å². The Balaban J connectivity index is 1.33. The molecule has 196 valence electrons. The Labute approximate surface area is 220 Å². The molecule has 1 aliphatic rings. The second-order valence-electron chi connectivity index (χ2n) is 9.31. The van der Waals surface area contributed by atoms with E-state index in [-0.39, 0.29) is 17.5 Å². The Bertz CT molecular complexity index is 1480. The molecule has 38 heavy (non-hydrogen) atoms. The van der Waals surface area contributed by atoms with E-state index in [1.54, 1.807) is 55.3 Å². The SMILES string of the molecule is COc1ccc(-c2ccnc3cc(C(=O)Nc4ccc(C(=O)N5CCN(C)[C@@H](C)C5)cc4)nn23)cc1OC. The molecule has 2 aromatic heterocycles. The maximum absolute atomic E-state index is 13.0. The highest BCUT2D eigenvalue weighted by Crippen LogP contribution is 2.32. The molecule has 3 heterocycles. The van der Waals surface area contributed by atoms with Crippen LogP contribution >= 0.6 is 0 Å². The molecule has 1 aliphatic heterocycles. The molecule has 0 spiro atoms. The van der Waals surface area contributed by atoms with E-state index in [1.807, 2.05) is 29.2 Å². The number of aromatic nitrogens is 3. The van der Waals surface area contributed by atoms with Gasteiger partial charge < -0.3 is 24.6 Å². The summed E-state index contributed by atoms with van der Waals surface area (Å²) in [6.45, 7) is 4.36. The van der Waals surface area contributed by atoms with Crippen LogP contribution in [0.1, 0.15) is 27.8 Å². The molecular formula is C28H30N6O4. The van der Waals surface area contributed by atoms with Gasteiger partial charge in [0, 0.05) is 54.8 Å². The van der Waals surface area contributed by atoms with Gasteiger partial charge in [-0.15, -0.1) is 0 Å². The molecule has 1 N–H and O–H groups in total. The van der Waals surface area contributed by atoms with Crippen LogP contribution in [-0.2, 0) is 0 Å². The van der Waals surface area contributed by atoms with Gasteiger partial charge in [0.25, 0.3) is 11.8 Å². The van der Waals surface area contributed by atoms with E-state index in [9.17, 15) is 9.59 Å². The number of carbonyl (C=O) groups excluding carboxylic acids is 2. The Morgan fingerprint density at radius 2 is 1.74 bits per heavy atom. The first-order valence-corrected chi connectivity index (χ1v) is 12.4. The molecule has 0 radical (unpaired) electrons. The van der Waals surface area contributed by atoms with E-state index >= 15 is 0 Å². The maximum Gasteiger partial charge on any atom is 0.276 e. The molecule has 0 saturated carbocycles. The van der Waals surface area contributed by atoms with Crippen LogP contribution in [0.25, 0.3) is 16.9 Å². The number of likely N-dealkylation sites (N-methyl/N-ethyl adjacent to an activating group) is 1. The van der Waals surface area contributed by atoms with Crippen molar-refractivity contribution in [3.8, 4) is 22.8 Å². The van der Waals surface area contributed by atoms with Gasteiger partial charge in [0.15, 0.2) is 22.8 Å². The lowest BCUT2D eigenvalue weighted by atomic mass is 10.1. The number of nitrogens with zero attached hydrogens (tertiary/aromatic N) is 5. The molecule has 0 bridgehead atoms. The Kier molecular flexibility index (Phi) is 6.97. The monoisotopic (exact) mass is 514 g/mol. The maximum atomic E-state index is 13.0. The lowest BCUT2D eigenvalue weighted by Crippen LogP contribution is -2.52. The van der Waals surface area contributed by atoms with Gasteiger partial charge in [0.2, 0.25) is 0 Å². The zero-order chi connectivity index (χ0) is 26.8. The minimum atomic E-state index is -0.374. The number of anilines is 1. The molecule has 2 amide bonds. The first-order valence-electron chi connectivity index (χ1n) is 12.4. The van der Waals surface area contributed by atoms with E-state index in [1.165, 1.54) is 0 Å². The Hall–Kier alpha value is -4.44. The fourth-order valence-corrected chi connectivity index (χ4v) is 4.53. The van der Waals surface area contributed by atoms with Crippen molar-refractivity contribution in [1.29, 1.82) is 0 Å². The van der Waals surface area contributed by atoms with E-state index in [0.717, 1.165) is 17.8 Å². The zero-order valence-corrected chi connectivity index (χ0v) is 21.8. The number of rotatable bonds is 6. The second kappa shape index (κ2) is 10.5. The standard InChI is InChI=1S/C28H30N6O4/c1-18-17-33(14-13-32(18)2)28(36)19-5-8-21(9-6-19)30-27(35)22-16-26-29-12-11-23(34(26)31-22)20-7-10-24(37-3)25(15-20)38-4/h5-12,15-16,18H,13-14,17H2,1-4H3,(H,30,35)/t18-/m0/s1. The van der Waals surface area contributed by atoms with Crippen LogP contribution in [0.4, 0.5) is 5.69 Å². The highest BCUT2D eigenvalue weighted by atomic mass is 16.5. The van der Waals surface area contributed by atoms with Crippen molar-refractivity contribution in [2.45, 2.75) is 13.0 Å². The number of methoxy groups -OCH3 is 2. The molecule has 0 unspecified atom stereocenters. The van der Waals surface area contributed by atoms with Gasteiger partial charge in [-0.2, -0.15) is 5.10 Å². The van der Waals surface area contributed by atoms with Crippen molar-refractivity contribution in [2.24, 2.45) is 0 Å². The van der Waals surface area contributed by atoms with E-state index in [2.05, 4.69) is 34.3 Å². The largest absolute Gasteiger partial charge is 0.493 e. The predicted molar refractivity (Wildman–Crippen MR) is 144 cm³/mol. The second-order valence-corrected chi connectivity index (χ2v) is 9.31. The van der Waals surface area contributed by atoms with Crippen molar-refractivity contribution >= 4 is 23.1 Å². The first kappa shape index (κ1) is 25.2. The van der Waals surface area contributed by atoms with Crippen molar-refractivity contribution in [2.75, 3.05) is 46.2 Å². The summed E-state index contributed by atoms with van der Waals surface area (Å²) in [5, 5.41) is 7.37. The summed E-state index contributed by atoms with van der Waals surface area (Å²) in [5.74, 6) is 0.828. The topological polar surface area (TPSA) is 101 Å². The Morgan fingerprint density at radius 1 is 0.974 bits per heavy atom. The van der Waals surface area contributed by atoms with Crippen LogP contribution in [0.15, 0.2) is 60.8 Å². The molecule has 10 nitrogen and oxygen atoms in total. The number of ether oxygens (including phenoxy) is 2. The number of nitrogens with one attached hydrogen (secondary N) is 1. The molecule has 4 aromatic rings. The number of fused-ring (bicyclic) bond motifs is 1. The summed E-state index contributed by atoms with van der Waals surface area (Å²) in [6.07, 6.45) is 1.67. The fraction of sp³-hybridized carbons (Fsp3) is 0.286. The van der Waals surface area contributed by atoms with E-state index < -0.39 is 0 Å². The summed E-state index contributed by atoms with van der Waals surface area (Å²) in [7, 11) is 5.23. The predicted octanol–water partition coefficient (Wildman–Crippen LogP) is 3.44. The summed E-state index contributed by atoms with van der Waals surface area (Å²) < 4.78 is 12.4. The molecule has 10 heteroatoms. The molecule has 1 fully saturated rings. The average Bonchev–Trinajstić information content (AvgIpc) is 3.39. The summed E-state index contributed by atoms with van der Waals surface area (Å²) >= 11 is 0. The van der Waals surface area contributed by atoms with Crippen molar-refractivity contribution < 1.29 is 19.1 Å². The van der Waals surface area contributed by atoms with Gasteiger partial charge >= 0.3 is 0 Å². The lowest BCUT2D eigenvalue weighted by Gasteiger charge is -2.37. The molecule has 0 aliphatic carbocycles. The third-order valence-corrected chi connectivity index (χ3v) is 6.91. The minimum absolute atomic E-state index is 0.00283. The quantitative estimate of drug-likeness (QED) is 0.421. The van der Waals surface area contributed by atoms with Crippen LogP contribution in [0.3, 0.4) is 0 Å². The van der Waals surface area contributed by atoms with Crippen molar-refractivity contribution in [1.82, 2.24) is 24.4 Å². The number of carbonyl (C=O) groups is 2. The number of amides is 2. The minimum Gasteiger partial charge on any atom is -0.493 e. The van der Waals surface area contributed by atoms with Gasteiger partial charge in [-0.05, 0) is 62.5 Å². The van der Waals surface area contributed by atoms with Gasteiger partial charge in [-0.1, -0.05) is 0 Å². The molecule has 2 aromatic carbocycles. The third-order valence-electron chi connectivity index (χ3n) is 6.91. The Morgan fingerprint density at radius 3 is 2.45 bits per heavy atom. The average molecular weight is 515 g/mol. The number of piperazine rings is 1. The molecule has 5 rings (SSSR count). The number of hydrogen-bond acceptors (Lipinski definition) is 7. The first-order chi connectivity index (χ1) is 18.4. The summed E-state index contributed by atoms with van der Waals surface area (Å²) in [5.41, 5.74) is 3.50. The van der Waals surface area contributed by atoms with Crippen LogP contribution in [-0.4, -0.2) is 83.2 Å². The normalized spacial score (nSPS) is 15.9. The molecule has 1 atom stereocenters. The van der Waals surface area contributed by atoms with Gasteiger partial charge in [-0.3, -0.25) is 9.59 Å². The van der Waals surface area contributed by atoms with Gasteiger partial charge in [0.1, 0.15) is 0 Å². The van der Waals surface area contributed by atoms with Gasteiger partial charge in [-0.25, -0.2) is 9.50 Å². The number of hydrogen-bond donors (Lipinski definition) is 1. The van der Waals surface area contributed by atoms with Crippen LogP contribution < -0.4 is 14.8 Å². The zero-order valence-electron chi connectivity index (χ0n) is 21.8. The fourth-order valence-electron chi connectivity index (χ4n) is 4.53. The van der Waals surface area contributed by atoms with E-state index in [4.69, 9.17) is 9.47 Å². The lowest BCUT2D eigenvalue weighted by molar-refractivity contribution is 0.0572. The van der Waals surface area contributed by atoms with Crippen molar-refractivity contribution in [3.05, 3.63) is 72.1 Å². The summed E-state index contributed by atoms with van der Waals surface area (Å²) in [6, 6.07) is 16.3. The van der Waals surface area contributed by atoms with Crippen LogP contribution in [0.2, 0.25) is 0 Å². The van der Waals surface area contributed by atoms with Crippen LogP contribution in [0.5, 0.6) is 11.5 Å². The highest BCUT2D eigenvalue weighted by molar-refractivity contribution is 6.04. The third kappa shape index (κ3) is 4.90. The van der Waals surface area contributed by atoms with Crippen LogP contribution in [0, 0.1) is 0 Å². The molecular weight excluding hydrogens is 484 g/mol.